The molecule has 0 aliphatic carbocycles. The van der Waals surface area contributed by atoms with Crippen molar-refractivity contribution in [3.63, 3.8) is 0 Å². The number of benzene rings is 2. The van der Waals surface area contributed by atoms with Crippen LogP contribution in [0.5, 0.6) is 5.75 Å². The lowest BCUT2D eigenvalue weighted by atomic mass is 9.95. The number of nitrogens with zero attached hydrogens (tertiary/aromatic N) is 1. The molecule has 1 aliphatic rings. The molecule has 1 aliphatic heterocycles. The Balaban J connectivity index is 0.000000233. The summed E-state index contributed by atoms with van der Waals surface area (Å²) in [6, 6.07) is 18.7. The van der Waals surface area contributed by atoms with Gasteiger partial charge in [0.25, 0.3) is 0 Å². The third kappa shape index (κ3) is 10.9. The van der Waals surface area contributed by atoms with E-state index in [-0.39, 0.29) is 5.41 Å². The molecule has 2 aromatic rings. The molecule has 1 unspecified atom stereocenters. The zero-order valence-electron chi connectivity index (χ0n) is 20.2. The van der Waals surface area contributed by atoms with Crippen LogP contribution in [-0.2, 0) is 0 Å². The van der Waals surface area contributed by atoms with Crippen LogP contribution in [0.4, 0.5) is 5.69 Å². The minimum Gasteiger partial charge on any atom is -0.493 e. The maximum Gasteiger partial charge on any atom is 0.120 e. The molecule has 0 aromatic heterocycles. The molecule has 3 rings (SSSR count). The second-order valence-electron chi connectivity index (χ2n) is 10.9. The molecule has 1 saturated heterocycles. The predicted molar refractivity (Wildman–Crippen MR) is 135 cm³/mol. The SMILES string of the molecule is CC(C)(C)CN1CCCC1CNc1ccccc1.CC(C)(C)COc1cccc(Cl)c1. The van der Waals surface area contributed by atoms with Gasteiger partial charge in [0.15, 0.2) is 0 Å². The highest BCUT2D eigenvalue weighted by molar-refractivity contribution is 6.30. The number of ether oxygens (including phenoxy) is 1. The molecular formula is C27H41ClN2O. The zero-order valence-corrected chi connectivity index (χ0v) is 21.0. The Bertz CT molecular complexity index is 765. The number of hydrogen-bond donors (Lipinski definition) is 1. The molecule has 0 spiro atoms. The van der Waals surface area contributed by atoms with Crippen LogP contribution in [-0.4, -0.2) is 37.2 Å². The summed E-state index contributed by atoms with van der Waals surface area (Å²) in [5, 5.41) is 4.27. The number of likely N-dealkylation sites (tertiary alicyclic amines) is 1. The van der Waals surface area contributed by atoms with E-state index in [0.29, 0.717) is 23.1 Å². The van der Waals surface area contributed by atoms with E-state index in [4.69, 9.17) is 16.3 Å². The van der Waals surface area contributed by atoms with Gasteiger partial charge in [-0.05, 0) is 60.5 Å². The average Bonchev–Trinajstić information content (AvgIpc) is 3.11. The van der Waals surface area contributed by atoms with Crippen molar-refractivity contribution in [2.24, 2.45) is 10.8 Å². The molecule has 1 N–H and O–H groups in total. The molecule has 0 radical (unpaired) electrons. The molecule has 0 saturated carbocycles. The fourth-order valence-corrected chi connectivity index (χ4v) is 3.77. The van der Waals surface area contributed by atoms with E-state index in [1.165, 1.54) is 31.6 Å². The minimum atomic E-state index is 0.183. The van der Waals surface area contributed by atoms with Gasteiger partial charge in [0.1, 0.15) is 5.75 Å². The van der Waals surface area contributed by atoms with Crippen LogP contribution in [0.15, 0.2) is 54.6 Å². The molecule has 4 heteroatoms. The van der Waals surface area contributed by atoms with Crippen LogP contribution in [0.1, 0.15) is 54.4 Å². The summed E-state index contributed by atoms with van der Waals surface area (Å²) in [5.74, 6) is 0.836. The monoisotopic (exact) mass is 444 g/mol. The molecule has 1 heterocycles. The summed E-state index contributed by atoms with van der Waals surface area (Å²) in [7, 11) is 0. The first-order chi connectivity index (χ1) is 14.5. The van der Waals surface area contributed by atoms with Gasteiger partial charge >= 0.3 is 0 Å². The molecule has 3 nitrogen and oxygen atoms in total. The Hall–Kier alpha value is -1.71. The smallest absolute Gasteiger partial charge is 0.120 e. The van der Waals surface area contributed by atoms with Crippen molar-refractivity contribution >= 4 is 17.3 Å². The standard InChI is InChI=1S/C16H26N2.C11H15ClO/c1-16(2,3)13-18-11-7-10-15(18)12-17-14-8-5-4-6-9-14;1-11(2,3)8-13-10-6-4-5-9(12)7-10/h4-6,8-9,15,17H,7,10-13H2,1-3H3;4-7H,8H2,1-3H3. The Kier molecular flexibility index (Phi) is 9.71. The number of anilines is 1. The number of nitrogens with one attached hydrogen (secondary N) is 1. The first-order valence-electron chi connectivity index (χ1n) is 11.4. The molecule has 172 valence electrons. The zero-order chi connectivity index (χ0) is 22.9. The van der Waals surface area contributed by atoms with Gasteiger partial charge in [-0.1, -0.05) is 77.4 Å². The predicted octanol–water partition coefficient (Wildman–Crippen LogP) is 7.37. The first-order valence-corrected chi connectivity index (χ1v) is 11.8. The minimum absolute atomic E-state index is 0.183. The summed E-state index contributed by atoms with van der Waals surface area (Å²) in [4.78, 5) is 2.65. The lowest BCUT2D eigenvalue weighted by Gasteiger charge is -2.31. The number of rotatable bonds is 6. The molecular weight excluding hydrogens is 404 g/mol. The Morgan fingerprint density at radius 2 is 1.68 bits per heavy atom. The maximum absolute atomic E-state index is 5.81. The van der Waals surface area contributed by atoms with E-state index in [1.54, 1.807) is 0 Å². The van der Waals surface area contributed by atoms with E-state index >= 15 is 0 Å². The second-order valence-corrected chi connectivity index (χ2v) is 11.3. The van der Waals surface area contributed by atoms with Gasteiger partial charge < -0.3 is 10.1 Å². The third-order valence-corrected chi connectivity index (χ3v) is 5.20. The van der Waals surface area contributed by atoms with E-state index in [1.807, 2.05) is 24.3 Å². The summed E-state index contributed by atoms with van der Waals surface area (Å²) < 4.78 is 5.57. The van der Waals surface area contributed by atoms with Crippen LogP contribution in [0.2, 0.25) is 5.02 Å². The molecule has 0 amide bonds. The van der Waals surface area contributed by atoms with Crippen molar-refractivity contribution in [1.29, 1.82) is 0 Å². The highest BCUT2D eigenvalue weighted by Crippen LogP contribution is 2.24. The van der Waals surface area contributed by atoms with Gasteiger partial charge in [0, 0.05) is 29.8 Å². The lowest BCUT2D eigenvalue weighted by Crippen LogP contribution is -2.40. The second kappa shape index (κ2) is 11.8. The molecule has 1 atom stereocenters. The Morgan fingerprint density at radius 3 is 2.29 bits per heavy atom. The van der Waals surface area contributed by atoms with E-state index in [0.717, 1.165) is 12.3 Å². The molecule has 0 bridgehead atoms. The summed E-state index contributed by atoms with van der Waals surface area (Å²) in [6.07, 6.45) is 2.67. The quantitative estimate of drug-likeness (QED) is 0.503. The van der Waals surface area contributed by atoms with Crippen LogP contribution in [0.25, 0.3) is 0 Å². The third-order valence-electron chi connectivity index (χ3n) is 4.96. The van der Waals surface area contributed by atoms with Gasteiger partial charge in [0.2, 0.25) is 0 Å². The van der Waals surface area contributed by atoms with Crippen molar-refractivity contribution in [2.75, 3.05) is 31.6 Å². The van der Waals surface area contributed by atoms with Gasteiger partial charge in [-0.3, -0.25) is 4.90 Å². The maximum atomic E-state index is 5.81. The van der Waals surface area contributed by atoms with Crippen LogP contribution >= 0.6 is 11.6 Å². The van der Waals surface area contributed by atoms with E-state index < -0.39 is 0 Å². The van der Waals surface area contributed by atoms with E-state index in [2.05, 4.69) is 82.1 Å². The van der Waals surface area contributed by atoms with Crippen LogP contribution in [0.3, 0.4) is 0 Å². The van der Waals surface area contributed by atoms with E-state index in [9.17, 15) is 0 Å². The fourth-order valence-electron chi connectivity index (χ4n) is 3.59. The Labute approximate surface area is 195 Å². The van der Waals surface area contributed by atoms with Crippen molar-refractivity contribution < 1.29 is 4.74 Å². The van der Waals surface area contributed by atoms with Gasteiger partial charge in [0.05, 0.1) is 6.61 Å². The summed E-state index contributed by atoms with van der Waals surface area (Å²) >= 11 is 5.81. The van der Waals surface area contributed by atoms with Gasteiger partial charge in [-0.2, -0.15) is 0 Å². The van der Waals surface area contributed by atoms with Crippen molar-refractivity contribution in [1.82, 2.24) is 4.90 Å². The Morgan fingerprint density at radius 1 is 0.968 bits per heavy atom. The fraction of sp³-hybridized carbons (Fsp3) is 0.556. The van der Waals surface area contributed by atoms with Crippen molar-refractivity contribution in [3.8, 4) is 5.75 Å². The highest BCUT2D eigenvalue weighted by Gasteiger charge is 2.27. The number of halogens is 1. The normalized spacial score (nSPS) is 17.1. The largest absolute Gasteiger partial charge is 0.493 e. The van der Waals surface area contributed by atoms with Crippen LogP contribution < -0.4 is 10.1 Å². The highest BCUT2D eigenvalue weighted by atomic mass is 35.5. The van der Waals surface area contributed by atoms with Gasteiger partial charge in [-0.25, -0.2) is 0 Å². The lowest BCUT2D eigenvalue weighted by molar-refractivity contribution is 0.183. The summed E-state index contributed by atoms with van der Waals surface area (Å²) in [6.45, 7) is 17.6. The average molecular weight is 445 g/mol. The number of para-hydroxylation sites is 1. The topological polar surface area (TPSA) is 24.5 Å². The molecule has 2 aromatic carbocycles. The first kappa shape index (κ1) is 25.5. The van der Waals surface area contributed by atoms with Crippen molar-refractivity contribution in [3.05, 3.63) is 59.6 Å². The van der Waals surface area contributed by atoms with Gasteiger partial charge in [-0.15, -0.1) is 0 Å². The number of hydrogen-bond acceptors (Lipinski definition) is 3. The molecule has 1 fully saturated rings. The van der Waals surface area contributed by atoms with Crippen molar-refractivity contribution in [2.45, 2.75) is 60.4 Å². The summed E-state index contributed by atoms with van der Waals surface area (Å²) in [5.41, 5.74) is 1.82. The molecule has 31 heavy (non-hydrogen) atoms. The van der Waals surface area contributed by atoms with Crippen LogP contribution in [0, 0.1) is 10.8 Å².